The smallest absolute Gasteiger partial charge is 0.306 e. The fourth-order valence-electron chi connectivity index (χ4n) is 3.87. The summed E-state index contributed by atoms with van der Waals surface area (Å²) in [4.78, 5) is 13.4. The maximum Gasteiger partial charge on any atom is 0.306 e. The first kappa shape index (κ1) is 22.9. The first-order valence-electron chi connectivity index (χ1n) is 10.6. The van der Waals surface area contributed by atoms with Gasteiger partial charge in [0.05, 0.1) is 12.5 Å². The van der Waals surface area contributed by atoms with Crippen molar-refractivity contribution in [1.29, 1.82) is 0 Å². The molecule has 1 heterocycles. The van der Waals surface area contributed by atoms with Crippen LogP contribution in [0.25, 0.3) is 0 Å². The number of ether oxygens (including phenoxy) is 1. The van der Waals surface area contributed by atoms with Crippen molar-refractivity contribution < 1.29 is 14.6 Å². The molecule has 1 aliphatic heterocycles. The molecule has 2 aromatic rings. The number of rotatable bonds is 10. The van der Waals surface area contributed by atoms with Crippen LogP contribution >= 0.6 is 23.2 Å². The van der Waals surface area contributed by atoms with E-state index in [0.717, 1.165) is 69.5 Å². The molecule has 0 atom stereocenters. The Morgan fingerprint density at radius 1 is 1.03 bits per heavy atom. The number of likely N-dealkylation sites (tertiary alicyclic amines) is 1. The number of hydrogen-bond donors (Lipinski definition) is 1. The highest BCUT2D eigenvalue weighted by atomic mass is 35.5. The Kier molecular flexibility index (Phi) is 8.86. The van der Waals surface area contributed by atoms with E-state index in [-0.39, 0.29) is 5.92 Å². The average Bonchev–Trinajstić information content (AvgIpc) is 2.74. The van der Waals surface area contributed by atoms with Crippen molar-refractivity contribution in [3.63, 3.8) is 0 Å². The molecule has 0 saturated carbocycles. The number of para-hydroxylation sites is 1. The lowest BCUT2D eigenvalue weighted by Crippen LogP contribution is -2.36. The third kappa shape index (κ3) is 6.90. The van der Waals surface area contributed by atoms with E-state index in [1.165, 1.54) is 5.56 Å². The predicted molar refractivity (Wildman–Crippen MR) is 122 cm³/mol. The number of piperidine rings is 1. The van der Waals surface area contributed by atoms with E-state index in [9.17, 15) is 4.79 Å². The van der Waals surface area contributed by atoms with Crippen molar-refractivity contribution in [2.75, 3.05) is 26.2 Å². The maximum atomic E-state index is 11.0. The molecule has 0 bridgehead atoms. The normalized spacial score (nSPS) is 15.3. The van der Waals surface area contributed by atoms with Gasteiger partial charge in [-0.05, 0) is 87.5 Å². The van der Waals surface area contributed by atoms with Crippen molar-refractivity contribution in [1.82, 2.24) is 4.90 Å². The van der Waals surface area contributed by atoms with Gasteiger partial charge in [-0.3, -0.25) is 4.79 Å². The summed E-state index contributed by atoms with van der Waals surface area (Å²) in [5, 5.41) is 10.4. The fourth-order valence-corrected chi connectivity index (χ4v) is 4.37. The number of nitrogens with zero attached hydrogens (tertiary/aromatic N) is 1. The first-order valence-corrected chi connectivity index (χ1v) is 11.4. The average molecular weight is 450 g/mol. The third-order valence-electron chi connectivity index (χ3n) is 5.71. The zero-order chi connectivity index (χ0) is 21.3. The van der Waals surface area contributed by atoms with Crippen molar-refractivity contribution in [3.05, 3.63) is 63.6 Å². The summed E-state index contributed by atoms with van der Waals surface area (Å²) < 4.78 is 6.06. The quantitative estimate of drug-likeness (QED) is 0.470. The highest BCUT2D eigenvalue weighted by Crippen LogP contribution is 2.25. The number of aryl methyl sites for hydroxylation is 2. The Balaban J connectivity index is 1.39. The van der Waals surface area contributed by atoms with Crippen molar-refractivity contribution in [2.24, 2.45) is 5.92 Å². The number of carbonyl (C=O) groups is 1. The summed E-state index contributed by atoms with van der Waals surface area (Å²) in [7, 11) is 0. The Hall–Kier alpha value is -1.75. The van der Waals surface area contributed by atoms with E-state index in [2.05, 4.69) is 11.0 Å². The summed E-state index contributed by atoms with van der Waals surface area (Å²) in [6.07, 6.45) is 5.25. The monoisotopic (exact) mass is 449 g/mol. The van der Waals surface area contributed by atoms with E-state index in [4.69, 9.17) is 33.0 Å². The molecule has 2 aromatic carbocycles. The summed E-state index contributed by atoms with van der Waals surface area (Å²) in [6.45, 7) is 3.46. The van der Waals surface area contributed by atoms with Gasteiger partial charge in [-0.25, -0.2) is 0 Å². The van der Waals surface area contributed by atoms with E-state index >= 15 is 0 Å². The molecule has 0 unspecified atom stereocenters. The zero-order valence-electron chi connectivity index (χ0n) is 17.2. The summed E-state index contributed by atoms with van der Waals surface area (Å²) in [6, 6.07) is 13.8. The van der Waals surface area contributed by atoms with Gasteiger partial charge in [0.15, 0.2) is 0 Å². The number of carboxylic acids is 1. The van der Waals surface area contributed by atoms with Crippen LogP contribution in [-0.2, 0) is 17.6 Å². The molecular formula is C24H29Cl2NO3. The second-order valence-corrected chi connectivity index (χ2v) is 8.70. The standard InChI is InChI=1S/C24H29Cl2NO3/c25-21-10-9-18(22(26)17-21)7-8-19-5-1-2-6-23(19)30-16-4-3-13-27-14-11-20(12-15-27)24(28)29/h1-2,5-6,9-10,17,20H,3-4,7-8,11-16H2,(H,28,29). The van der Waals surface area contributed by atoms with Gasteiger partial charge in [-0.2, -0.15) is 0 Å². The topological polar surface area (TPSA) is 49.8 Å². The van der Waals surface area contributed by atoms with Gasteiger partial charge < -0.3 is 14.7 Å². The molecule has 0 aliphatic carbocycles. The Morgan fingerprint density at radius 2 is 1.77 bits per heavy atom. The van der Waals surface area contributed by atoms with Crippen LogP contribution in [-0.4, -0.2) is 42.2 Å². The number of hydrogen-bond acceptors (Lipinski definition) is 3. The lowest BCUT2D eigenvalue weighted by atomic mass is 9.97. The minimum atomic E-state index is -0.653. The van der Waals surface area contributed by atoms with Gasteiger partial charge >= 0.3 is 5.97 Å². The molecule has 1 saturated heterocycles. The molecule has 0 amide bonds. The number of aliphatic carboxylic acids is 1. The summed E-state index contributed by atoms with van der Waals surface area (Å²) in [5.41, 5.74) is 2.27. The van der Waals surface area contributed by atoms with Crippen molar-refractivity contribution >= 4 is 29.2 Å². The molecule has 0 aromatic heterocycles. The zero-order valence-corrected chi connectivity index (χ0v) is 18.7. The number of halogens is 2. The minimum Gasteiger partial charge on any atom is -0.493 e. The second kappa shape index (κ2) is 11.6. The van der Waals surface area contributed by atoms with E-state index in [0.29, 0.717) is 16.7 Å². The van der Waals surface area contributed by atoms with Crippen LogP contribution in [0.3, 0.4) is 0 Å². The molecular weight excluding hydrogens is 421 g/mol. The Labute approximate surface area is 188 Å². The first-order chi connectivity index (χ1) is 14.5. The molecule has 3 rings (SSSR count). The van der Waals surface area contributed by atoms with Gasteiger partial charge in [-0.1, -0.05) is 47.5 Å². The summed E-state index contributed by atoms with van der Waals surface area (Å²) >= 11 is 12.3. The highest BCUT2D eigenvalue weighted by Gasteiger charge is 2.23. The van der Waals surface area contributed by atoms with Crippen LogP contribution in [0.15, 0.2) is 42.5 Å². The molecule has 6 heteroatoms. The Morgan fingerprint density at radius 3 is 2.50 bits per heavy atom. The second-order valence-electron chi connectivity index (χ2n) is 7.85. The van der Waals surface area contributed by atoms with Crippen LogP contribution in [0.5, 0.6) is 5.75 Å². The van der Waals surface area contributed by atoms with E-state index in [1.54, 1.807) is 6.07 Å². The Bertz CT molecular complexity index is 835. The van der Waals surface area contributed by atoms with Crippen molar-refractivity contribution in [3.8, 4) is 5.75 Å². The molecule has 1 N–H and O–H groups in total. The molecule has 30 heavy (non-hydrogen) atoms. The van der Waals surface area contributed by atoms with Crippen LogP contribution in [0.4, 0.5) is 0 Å². The largest absolute Gasteiger partial charge is 0.493 e. The third-order valence-corrected chi connectivity index (χ3v) is 6.30. The van der Waals surface area contributed by atoms with Gasteiger partial charge in [-0.15, -0.1) is 0 Å². The summed E-state index contributed by atoms with van der Waals surface area (Å²) in [5.74, 6) is 0.119. The van der Waals surface area contributed by atoms with Crippen LogP contribution in [0, 0.1) is 5.92 Å². The van der Waals surface area contributed by atoms with Gasteiger partial charge in [0.25, 0.3) is 0 Å². The lowest BCUT2D eigenvalue weighted by Gasteiger charge is -2.29. The van der Waals surface area contributed by atoms with Crippen LogP contribution < -0.4 is 4.74 Å². The number of unbranched alkanes of at least 4 members (excludes halogenated alkanes) is 1. The lowest BCUT2D eigenvalue weighted by molar-refractivity contribution is -0.143. The predicted octanol–water partition coefficient (Wildman–Crippen LogP) is 5.73. The van der Waals surface area contributed by atoms with Gasteiger partial charge in [0.2, 0.25) is 0 Å². The fraction of sp³-hybridized carbons (Fsp3) is 0.458. The minimum absolute atomic E-state index is 0.163. The van der Waals surface area contributed by atoms with Gasteiger partial charge in [0, 0.05) is 10.0 Å². The molecule has 1 aliphatic rings. The SMILES string of the molecule is O=C(O)C1CCN(CCCCOc2ccccc2CCc2ccc(Cl)cc2Cl)CC1. The van der Waals surface area contributed by atoms with E-state index < -0.39 is 5.97 Å². The number of carboxylic acid groups (broad SMARTS) is 1. The van der Waals surface area contributed by atoms with Crippen LogP contribution in [0.1, 0.15) is 36.8 Å². The molecule has 0 spiro atoms. The molecule has 0 radical (unpaired) electrons. The molecule has 1 fully saturated rings. The van der Waals surface area contributed by atoms with Crippen LogP contribution in [0.2, 0.25) is 10.0 Å². The number of benzene rings is 2. The van der Waals surface area contributed by atoms with Gasteiger partial charge in [0.1, 0.15) is 5.75 Å². The highest BCUT2D eigenvalue weighted by molar-refractivity contribution is 6.35. The van der Waals surface area contributed by atoms with Crippen molar-refractivity contribution in [2.45, 2.75) is 38.5 Å². The van der Waals surface area contributed by atoms with E-state index in [1.807, 2.05) is 30.3 Å². The molecule has 4 nitrogen and oxygen atoms in total. The molecule has 162 valence electrons. The maximum absolute atomic E-state index is 11.0.